The predicted octanol–water partition coefficient (Wildman–Crippen LogP) is 3.63. The van der Waals surface area contributed by atoms with E-state index in [2.05, 4.69) is 15.8 Å². The predicted molar refractivity (Wildman–Crippen MR) is 112 cm³/mol. The number of nitrogens with one attached hydrogen (secondary N) is 2. The van der Waals surface area contributed by atoms with Gasteiger partial charge in [-0.25, -0.2) is 5.43 Å². The van der Waals surface area contributed by atoms with Crippen LogP contribution in [0.25, 0.3) is 11.0 Å². The van der Waals surface area contributed by atoms with Gasteiger partial charge in [-0.3, -0.25) is 14.4 Å². The summed E-state index contributed by atoms with van der Waals surface area (Å²) in [6.07, 6.45) is 2.37. The maximum atomic E-state index is 12.4. The number of hydrogen-bond acceptors (Lipinski definition) is 5. The smallest absolute Gasteiger partial charge is 0.259 e. The number of amides is 2. The van der Waals surface area contributed by atoms with Crippen LogP contribution >= 0.6 is 34.8 Å². The van der Waals surface area contributed by atoms with Crippen molar-refractivity contribution in [1.29, 1.82) is 0 Å². The second-order valence-corrected chi connectivity index (χ2v) is 7.02. The average Bonchev–Trinajstić information content (AvgIpc) is 2.70. The molecule has 2 aromatic carbocycles. The standard InChI is InChI=1S/C19H12Cl3N3O4/c20-12-2-4-16-13(6-12)18(27)11(9-29-16)7-24-25-17(26)8-23-19(28)10-1-3-14(21)15(22)5-10/h1-7,9H,8H2,(H,23,28)(H,25,26)/b24-7+. The van der Waals surface area contributed by atoms with E-state index in [1.807, 2.05) is 0 Å². The third-order valence-electron chi connectivity index (χ3n) is 3.75. The number of carbonyl (C=O) groups is 2. The van der Waals surface area contributed by atoms with E-state index >= 15 is 0 Å². The molecule has 1 aromatic heterocycles. The second-order valence-electron chi connectivity index (χ2n) is 5.77. The Hall–Kier alpha value is -2.87. The molecule has 2 amide bonds. The zero-order chi connectivity index (χ0) is 21.0. The lowest BCUT2D eigenvalue weighted by atomic mass is 10.2. The summed E-state index contributed by atoms with van der Waals surface area (Å²) in [7, 11) is 0. The fraction of sp³-hybridized carbons (Fsp3) is 0.0526. The van der Waals surface area contributed by atoms with Crippen molar-refractivity contribution in [3.8, 4) is 0 Å². The molecular weight excluding hydrogens is 441 g/mol. The molecule has 0 aliphatic rings. The summed E-state index contributed by atoms with van der Waals surface area (Å²) in [5, 5.41) is 7.34. The van der Waals surface area contributed by atoms with Gasteiger partial charge >= 0.3 is 0 Å². The maximum Gasteiger partial charge on any atom is 0.259 e. The monoisotopic (exact) mass is 451 g/mol. The summed E-state index contributed by atoms with van der Waals surface area (Å²) < 4.78 is 5.34. The first-order valence-corrected chi connectivity index (χ1v) is 9.25. The molecule has 0 fully saturated rings. The molecule has 2 N–H and O–H groups in total. The van der Waals surface area contributed by atoms with Gasteiger partial charge in [0.2, 0.25) is 5.43 Å². The van der Waals surface area contributed by atoms with Gasteiger partial charge in [-0.2, -0.15) is 5.10 Å². The molecule has 148 valence electrons. The molecule has 0 unspecified atom stereocenters. The summed E-state index contributed by atoms with van der Waals surface area (Å²) in [6, 6.07) is 9.01. The summed E-state index contributed by atoms with van der Waals surface area (Å²) >= 11 is 17.5. The summed E-state index contributed by atoms with van der Waals surface area (Å²) in [6.45, 7) is -0.335. The summed E-state index contributed by atoms with van der Waals surface area (Å²) in [5.74, 6) is -1.10. The molecule has 10 heteroatoms. The third-order valence-corrected chi connectivity index (χ3v) is 4.72. The maximum absolute atomic E-state index is 12.4. The largest absolute Gasteiger partial charge is 0.463 e. The Bertz CT molecular complexity index is 1190. The van der Waals surface area contributed by atoms with Gasteiger partial charge in [0.15, 0.2) is 0 Å². The Balaban J connectivity index is 1.59. The number of rotatable bonds is 5. The molecule has 0 saturated heterocycles. The van der Waals surface area contributed by atoms with Crippen molar-refractivity contribution >= 4 is 63.8 Å². The van der Waals surface area contributed by atoms with E-state index in [0.29, 0.717) is 21.0 Å². The lowest BCUT2D eigenvalue weighted by molar-refractivity contribution is -0.120. The zero-order valence-corrected chi connectivity index (χ0v) is 16.8. The van der Waals surface area contributed by atoms with Crippen LogP contribution in [0.1, 0.15) is 15.9 Å². The molecule has 3 rings (SSSR count). The van der Waals surface area contributed by atoms with Crippen molar-refractivity contribution in [2.45, 2.75) is 0 Å². The first-order chi connectivity index (χ1) is 13.8. The quantitative estimate of drug-likeness (QED) is 0.456. The van der Waals surface area contributed by atoms with Crippen molar-refractivity contribution < 1.29 is 14.0 Å². The van der Waals surface area contributed by atoms with Crippen LogP contribution in [0.5, 0.6) is 0 Å². The number of hydrazone groups is 1. The highest BCUT2D eigenvalue weighted by Gasteiger charge is 2.10. The van der Waals surface area contributed by atoms with Crippen molar-refractivity contribution in [2.75, 3.05) is 6.54 Å². The van der Waals surface area contributed by atoms with Crippen LogP contribution in [-0.2, 0) is 4.79 Å². The molecule has 0 bridgehead atoms. The normalized spacial score (nSPS) is 11.0. The van der Waals surface area contributed by atoms with Gasteiger partial charge < -0.3 is 9.73 Å². The van der Waals surface area contributed by atoms with Gasteiger partial charge in [0.25, 0.3) is 11.8 Å². The Labute approximate surface area is 179 Å². The van der Waals surface area contributed by atoms with E-state index < -0.39 is 11.8 Å². The lowest BCUT2D eigenvalue weighted by Gasteiger charge is -2.05. The van der Waals surface area contributed by atoms with E-state index in [0.717, 1.165) is 6.21 Å². The van der Waals surface area contributed by atoms with Gasteiger partial charge in [-0.05, 0) is 36.4 Å². The van der Waals surface area contributed by atoms with Crippen LogP contribution in [0.4, 0.5) is 0 Å². The number of nitrogens with zero attached hydrogens (tertiary/aromatic N) is 1. The molecule has 0 radical (unpaired) electrons. The lowest BCUT2D eigenvalue weighted by Crippen LogP contribution is -2.35. The van der Waals surface area contributed by atoms with Crippen LogP contribution in [0.3, 0.4) is 0 Å². The van der Waals surface area contributed by atoms with Gasteiger partial charge in [-0.1, -0.05) is 34.8 Å². The highest BCUT2D eigenvalue weighted by atomic mass is 35.5. The van der Waals surface area contributed by atoms with Crippen molar-refractivity contribution in [2.24, 2.45) is 5.10 Å². The number of hydrogen-bond donors (Lipinski definition) is 2. The SMILES string of the molecule is O=C(CNC(=O)c1ccc(Cl)c(Cl)c1)N/N=C/c1coc2ccc(Cl)cc2c1=O. The first-order valence-electron chi connectivity index (χ1n) is 8.11. The van der Waals surface area contributed by atoms with E-state index in [1.165, 1.54) is 30.5 Å². The van der Waals surface area contributed by atoms with Crippen LogP contribution in [0.15, 0.2) is 57.0 Å². The molecule has 0 saturated carbocycles. The molecule has 7 nitrogen and oxygen atoms in total. The van der Waals surface area contributed by atoms with E-state index in [1.54, 1.807) is 12.1 Å². The molecular formula is C19H12Cl3N3O4. The van der Waals surface area contributed by atoms with Crippen LogP contribution in [0.2, 0.25) is 15.1 Å². The molecule has 0 atom stereocenters. The topological polar surface area (TPSA) is 101 Å². The fourth-order valence-electron chi connectivity index (χ4n) is 2.32. The summed E-state index contributed by atoms with van der Waals surface area (Å²) in [4.78, 5) is 36.2. The Morgan fingerprint density at radius 2 is 1.86 bits per heavy atom. The van der Waals surface area contributed by atoms with E-state index in [4.69, 9.17) is 39.2 Å². The van der Waals surface area contributed by atoms with E-state index in [9.17, 15) is 14.4 Å². The minimum Gasteiger partial charge on any atom is -0.463 e. The Morgan fingerprint density at radius 3 is 2.62 bits per heavy atom. The van der Waals surface area contributed by atoms with Gasteiger partial charge in [0.05, 0.1) is 33.8 Å². The van der Waals surface area contributed by atoms with Gasteiger partial charge in [-0.15, -0.1) is 0 Å². The minimum absolute atomic E-state index is 0.125. The van der Waals surface area contributed by atoms with Crippen molar-refractivity contribution in [1.82, 2.24) is 10.7 Å². The molecule has 29 heavy (non-hydrogen) atoms. The van der Waals surface area contributed by atoms with E-state index in [-0.39, 0.29) is 28.1 Å². The minimum atomic E-state index is -0.595. The van der Waals surface area contributed by atoms with Crippen molar-refractivity contribution in [3.05, 3.63) is 79.1 Å². The summed E-state index contributed by atoms with van der Waals surface area (Å²) in [5.41, 5.74) is 2.62. The number of carbonyl (C=O) groups excluding carboxylic acids is 2. The van der Waals surface area contributed by atoms with Crippen LogP contribution in [0, 0.1) is 0 Å². The third kappa shape index (κ3) is 5.14. The second kappa shape index (κ2) is 9.09. The molecule has 0 aliphatic carbocycles. The van der Waals surface area contributed by atoms with Gasteiger partial charge in [0, 0.05) is 10.6 Å². The molecule has 0 aliphatic heterocycles. The highest BCUT2D eigenvalue weighted by molar-refractivity contribution is 6.42. The number of halogens is 3. The zero-order valence-electron chi connectivity index (χ0n) is 14.5. The van der Waals surface area contributed by atoms with Crippen LogP contribution < -0.4 is 16.2 Å². The Kier molecular flexibility index (Phi) is 6.53. The molecule has 1 heterocycles. The fourth-order valence-corrected chi connectivity index (χ4v) is 2.79. The highest BCUT2D eigenvalue weighted by Crippen LogP contribution is 2.22. The van der Waals surface area contributed by atoms with Gasteiger partial charge in [0.1, 0.15) is 11.8 Å². The molecule has 0 spiro atoms. The van der Waals surface area contributed by atoms with Crippen LogP contribution in [-0.4, -0.2) is 24.6 Å². The van der Waals surface area contributed by atoms with Crippen molar-refractivity contribution in [3.63, 3.8) is 0 Å². The number of fused-ring (bicyclic) bond motifs is 1. The Morgan fingerprint density at radius 1 is 1.07 bits per heavy atom. The number of benzene rings is 2. The first kappa shape index (κ1) is 20.9. The molecule has 3 aromatic rings. The average molecular weight is 453 g/mol.